The SMILES string of the molecule is Oc1ccc(F)c2cccnc12.Oc1ccc(F)c2cccnc12.Oc1ccc(F)c2cccnc12.[AlH3]. The van der Waals surface area contributed by atoms with Crippen LogP contribution in [0.1, 0.15) is 0 Å². The molecule has 0 atom stereocenters. The zero-order valence-corrected chi connectivity index (χ0v) is 18.5. The van der Waals surface area contributed by atoms with Gasteiger partial charge in [-0.2, -0.15) is 0 Å². The zero-order valence-electron chi connectivity index (χ0n) is 18.5. The molecule has 0 aliphatic heterocycles. The second-order valence-electron chi connectivity index (χ2n) is 7.40. The molecule has 186 valence electrons. The number of aromatic hydroxyl groups is 3. The molecule has 6 rings (SSSR count). The summed E-state index contributed by atoms with van der Waals surface area (Å²) in [6.45, 7) is 0. The summed E-state index contributed by atoms with van der Waals surface area (Å²) in [5, 5.41) is 28.8. The number of rotatable bonds is 0. The standard InChI is InChI=1S/3C9H6FNO.Al.3H/c3*10-7-3-4-8(12)9-6(7)2-1-5-11-9;;;;/h3*1-5,12H;;;;. The summed E-state index contributed by atoms with van der Waals surface area (Å²) in [6.07, 6.45) is 4.55. The van der Waals surface area contributed by atoms with Gasteiger partial charge in [-0.15, -0.1) is 0 Å². The number of nitrogens with zero attached hydrogens (tertiary/aromatic N) is 3. The third-order valence-corrected chi connectivity index (χ3v) is 5.09. The Morgan fingerprint density at radius 1 is 0.432 bits per heavy atom. The lowest BCUT2D eigenvalue weighted by Gasteiger charge is -1.99. The summed E-state index contributed by atoms with van der Waals surface area (Å²) in [5.74, 6) is -1.08. The van der Waals surface area contributed by atoms with E-state index in [4.69, 9.17) is 0 Å². The molecule has 0 spiro atoms. The summed E-state index contributed by atoms with van der Waals surface area (Å²) in [7, 11) is 0. The van der Waals surface area contributed by atoms with Crippen LogP contribution in [0.2, 0.25) is 0 Å². The van der Waals surface area contributed by atoms with Crippen molar-refractivity contribution in [3.63, 3.8) is 0 Å². The normalized spacial score (nSPS) is 10.1. The number of aromatic nitrogens is 3. The van der Waals surface area contributed by atoms with Crippen molar-refractivity contribution in [1.82, 2.24) is 15.0 Å². The van der Waals surface area contributed by atoms with E-state index in [1.54, 1.807) is 36.4 Å². The lowest BCUT2D eigenvalue weighted by molar-refractivity contribution is 0.478. The number of phenolic OH excluding ortho intramolecular Hbond substituents is 3. The first-order valence-corrected chi connectivity index (χ1v) is 10.5. The quantitative estimate of drug-likeness (QED) is 0.243. The number of halogens is 3. The summed E-state index contributed by atoms with van der Waals surface area (Å²) >= 11 is 0. The van der Waals surface area contributed by atoms with Gasteiger partial charge in [0, 0.05) is 34.7 Å². The van der Waals surface area contributed by atoms with Gasteiger partial charge in [-0.05, 0) is 72.8 Å². The lowest BCUT2D eigenvalue weighted by atomic mass is 10.2. The van der Waals surface area contributed by atoms with Gasteiger partial charge < -0.3 is 15.3 Å². The smallest absolute Gasteiger partial charge is 0.187 e. The van der Waals surface area contributed by atoms with Crippen molar-refractivity contribution < 1.29 is 28.5 Å². The molecule has 0 bridgehead atoms. The second-order valence-corrected chi connectivity index (χ2v) is 7.40. The number of pyridine rings is 3. The molecular weight excluding hydrogens is 498 g/mol. The van der Waals surface area contributed by atoms with Gasteiger partial charge in [0.25, 0.3) is 0 Å². The molecule has 0 amide bonds. The average Bonchev–Trinajstić information content (AvgIpc) is 2.92. The predicted octanol–water partition coefficient (Wildman–Crippen LogP) is 5.05. The highest BCUT2D eigenvalue weighted by molar-refractivity contribution is 5.85. The molecule has 0 radical (unpaired) electrons. The molecule has 3 heterocycles. The minimum absolute atomic E-state index is 0. The van der Waals surface area contributed by atoms with Crippen molar-refractivity contribution in [1.29, 1.82) is 0 Å². The maximum atomic E-state index is 13.0. The van der Waals surface area contributed by atoms with Crippen LogP contribution in [-0.4, -0.2) is 47.6 Å². The molecule has 6 aromatic rings. The number of benzene rings is 3. The highest BCUT2D eigenvalue weighted by atomic mass is 27.0. The molecule has 0 saturated carbocycles. The van der Waals surface area contributed by atoms with Gasteiger partial charge in [0.15, 0.2) is 17.4 Å². The fraction of sp³-hybridized carbons (Fsp3) is 0. The Kier molecular flexibility index (Phi) is 8.85. The summed E-state index contributed by atoms with van der Waals surface area (Å²) < 4.78 is 39.0. The van der Waals surface area contributed by atoms with Gasteiger partial charge in [0.05, 0.1) is 0 Å². The average molecular weight is 519 g/mol. The number of hydrogen-bond donors (Lipinski definition) is 3. The number of fused-ring (bicyclic) bond motifs is 3. The first-order chi connectivity index (χ1) is 17.4. The minimum Gasteiger partial charge on any atom is -0.506 e. The topological polar surface area (TPSA) is 99.4 Å². The molecule has 0 aliphatic carbocycles. The Labute approximate surface area is 219 Å². The third-order valence-electron chi connectivity index (χ3n) is 5.09. The van der Waals surface area contributed by atoms with E-state index in [0.29, 0.717) is 32.7 Å². The van der Waals surface area contributed by atoms with Gasteiger partial charge in [-0.1, -0.05) is 0 Å². The third kappa shape index (κ3) is 6.06. The molecule has 0 aliphatic rings. The summed E-state index contributed by atoms with van der Waals surface area (Å²) in [5.41, 5.74) is 0.910. The van der Waals surface area contributed by atoms with E-state index in [9.17, 15) is 28.5 Å². The van der Waals surface area contributed by atoms with E-state index in [1.807, 2.05) is 0 Å². The lowest BCUT2D eigenvalue weighted by Crippen LogP contribution is -1.82. The van der Waals surface area contributed by atoms with Crippen LogP contribution in [0, 0.1) is 17.5 Å². The Hall–Kier alpha value is -4.39. The van der Waals surface area contributed by atoms with Crippen molar-refractivity contribution >= 4 is 50.1 Å². The van der Waals surface area contributed by atoms with Crippen LogP contribution in [-0.2, 0) is 0 Å². The van der Waals surface area contributed by atoms with Crippen LogP contribution in [0.5, 0.6) is 17.2 Å². The monoisotopic (exact) mass is 519 g/mol. The van der Waals surface area contributed by atoms with Gasteiger partial charge in [-0.25, -0.2) is 13.2 Å². The predicted molar refractivity (Wildman–Crippen MR) is 140 cm³/mol. The summed E-state index contributed by atoms with van der Waals surface area (Å²) in [4.78, 5) is 11.6. The molecule has 3 N–H and O–H groups in total. The molecule has 3 aromatic carbocycles. The van der Waals surface area contributed by atoms with Crippen LogP contribution >= 0.6 is 0 Å². The summed E-state index contributed by atoms with van der Waals surface area (Å²) in [6, 6.07) is 17.2. The number of hydrogen-bond acceptors (Lipinski definition) is 6. The second kappa shape index (κ2) is 12.0. The Balaban J connectivity index is 0.000000152. The van der Waals surface area contributed by atoms with E-state index in [-0.39, 0.29) is 52.1 Å². The Morgan fingerprint density at radius 2 is 0.703 bits per heavy atom. The first kappa shape index (κ1) is 27.2. The van der Waals surface area contributed by atoms with Crippen molar-refractivity contribution in [2.45, 2.75) is 0 Å². The van der Waals surface area contributed by atoms with Crippen molar-refractivity contribution in [3.8, 4) is 17.2 Å². The highest BCUT2D eigenvalue weighted by Gasteiger charge is 2.05. The van der Waals surface area contributed by atoms with Crippen molar-refractivity contribution in [3.05, 3.63) is 109 Å². The molecule has 0 fully saturated rings. The molecule has 10 heteroatoms. The number of phenols is 3. The van der Waals surface area contributed by atoms with E-state index < -0.39 is 0 Å². The van der Waals surface area contributed by atoms with E-state index >= 15 is 0 Å². The Morgan fingerprint density at radius 3 is 0.946 bits per heavy atom. The molecule has 0 unspecified atom stereocenters. The first-order valence-electron chi connectivity index (χ1n) is 10.5. The van der Waals surface area contributed by atoms with Gasteiger partial charge in [0.1, 0.15) is 51.3 Å². The van der Waals surface area contributed by atoms with Crippen LogP contribution in [0.3, 0.4) is 0 Å². The molecule has 3 aromatic heterocycles. The maximum Gasteiger partial charge on any atom is 0.187 e. The zero-order chi connectivity index (χ0) is 25.7. The molecule has 37 heavy (non-hydrogen) atoms. The van der Waals surface area contributed by atoms with E-state index in [0.717, 1.165) is 0 Å². The Bertz CT molecular complexity index is 1370. The van der Waals surface area contributed by atoms with Crippen molar-refractivity contribution in [2.75, 3.05) is 0 Å². The van der Waals surface area contributed by atoms with Crippen LogP contribution in [0.25, 0.3) is 32.7 Å². The fourth-order valence-corrected chi connectivity index (χ4v) is 3.37. The van der Waals surface area contributed by atoms with Gasteiger partial charge >= 0.3 is 0 Å². The van der Waals surface area contributed by atoms with E-state index in [2.05, 4.69) is 15.0 Å². The van der Waals surface area contributed by atoms with Crippen LogP contribution < -0.4 is 0 Å². The van der Waals surface area contributed by atoms with Crippen molar-refractivity contribution in [2.24, 2.45) is 0 Å². The molecular formula is C27H21AlF3N3O3. The molecule has 6 nitrogen and oxygen atoms in total. The maximum absolute atomic E-state index is 13.0. The minimum atomic E-state index is -0.365. The molecule has 0 saturated heterocycles. The van der Waals surface area contributed by atoms with Gasteiger partial charge in [-0.3, -0.25) is 15.0 Å². The van der Waals surface area contributed by atoms with Gasteiger partial charge in [0.2, 0.25) is 0 Å². The van der Waals surface area contributed by atoms with Crippen LogP contribution in [0.4, 0.5) is 13.2 Å². The largest absolute Gasteiger partial charge is 0.506 e. The highest BCUT2D eigenvalue weighted by Crippen LogP contribution is 2.25. The van der Waals surface area contributed by atoms with Crippen LogP contribution in [0.15, 0.2) is 91.4 Å². The van der Waals surface area contributed by atoms with E-state index in [1.165, 1.54) is 55.0 Å². The fourth-order valence-electron chi connectivity index (χ4n) is 3.37.